The molecule has 1 aliphatic rings. The van der Waals surface area contributed by atoms with Gasteiger partial charge in [0.2, 0.25) is 0 Å². The molecular weight excluding hydrogens is 260 g/mol. The third kappa shape index (κ3) is 3.87. The number of carbonyl (C=O) groups is 1. The number of hydrogen-bond donors (Lipinski definition) is 1. The smallest absolute Gasteiger partial charge is 0.310 e. The van der Waals surface area contributed by atoms with E-state index in [2.05, 4.69) is 32.9 Å². The zero-order chi connectivity index (χ0) is 15.6. The zero-order valence-electron chi connectivity index (χ0n) is 13.7. The minimum absolute atomic E-state index is 0.421. The summed E-state index contributed by atoms with van der Waals surface area (Å²) in [6.45, 7) is 8.78. The SMILES string of the molecule is CC(C(=O)O)c1ccc(C2CCC(C(C)(C)C)CC2)cc1. The number of aliphatic carboxylic acids is 1. The van der Waals surface area contributed by atoms with Gasteiger partial charge in [0.15, 0.2) is 0 Å². The van der Waals surface area contributed by atoms with Gasteiger partial charge in [0.25, 0.3) is 0 Å². The van der Waals surface area contributed by atoms with Crippen molar-refractivity contribution >= 4 is 5.97 Å². The Bertz CT molecular complexity index is 473. The van der Waals surface area contributed by atoms with Gasteiger partial charge in [0.05, 0.1) is 5.92 Å². The first-order valence-electron chi connectivity index (χ1n) is 8.11. The number of hydrogen-bond acceptors (Lipinski definition) is 1. The van der Waals surface area contributed by atoms with Crippen molar-refractivity contribution in [3.8, 4) is 0 Å². The van der Waals surface area contributed by atoms with Crippen LogP contribution in [0.1, 0.15) is 76.3 Å². The standard InChI is InChI=1S/C19H28O2/c1-13(18(20)21)14-5-7-15(8-6-14)16-9-11-17(12-10-16)19(2,3)4/h5-8,13,16-17H,9-12H2,1-4H3,(H,20,21). The van der Waals surface area contributed by atoms with Gasteiger partial charge in [-0.3, -0.25) is 4.79 Å². The number of carboxylic acid groups (broad SMARTS) is 1. The third-order valence-corrected chi connectivity index (χ3v) is 5.23. The van der Waals surface area contributed by atoms with Crippen molar-refractivity contribution in [3.05, 3.63) is 35.4 Å². The highest BCUT2D eigenvalue weighted by atomic mass is 16.4. The minimum atomic E-state index is -0.756. The molecular formula is C19H28O2. The second kappa shape index (κ2) is 6.21. The molecule has 0 amide bonds. The van der Waals surface area contributed by atoms with Crippen LogP contribution in [0.2, 0.25) is 0 Å². The molecule has 1 N–H and O–H groups in total. The number of carboxylic acids is 1. The molecule has 0 heterocycles. The summed E-state index contributed by atoms with van der Waals surface area (Å²) in [6.07, 6.45) is 5.13. The summed E-state index contributed by atoms with van der Waals surface area (Å²) >= 11 is 0. The van der Waals surface area contributed by atoms with E-state index in [4.69, 9.17) is 5.11 Å². The van der Waals surface area contributed by atoms with E-state index in [-0.39, 0.29) is 0 Å². The fraction of sp³-hybridized carbons (Fsp3) is 0.632. The van der Waals surface area contributed by atoms with Crippen molar-refractivity contribution in [3.63, 3.8) is 0 Å². The second-order valence-electron chi connectivity index (χ2n) is 7.64. The number of rotatable bonds is 3. The third-order valence-electron chi connectivity index (χ3n) is 5.23. The maximum absolute atomic E-state index is 11.0. The first-order valence-corrected chi connectivity index (χ1v) is 8.11. The summed E-state index contributed by atoms with van der Waals surface area (Å²) in [4.78, 5) is 11.0. The topological polar surface area (TPSA) is 37.3 Å². The summed E-state index contributed by atoms with van der Waals surface area (Å²) in [5, 5.41) is 9.06. The fourth-order valence-electron chi connectivity index (χ4n) is 3.49. The molecule has 0 spiro atoms. The summed E-state index contributed by atoms with van der Waals surface area (Å²) in [6, 6.07) is 8.25. The highest BCUT2D eigenvalue weighted by Crippen LogP contribution is 2.43. The zero-order valence-corrected chi connectivity index (χ0v) is 13.7. The lowest BCUT2D eigenvalue weighted by Gasteiger charge is -2.37. The molecule has 2 heteroatoms. The predicted octanol–water partition coefficient (Wildman–Crippen LogP) is 5.19. The van der Waals surface area contributed by atoms with Gasteiger partial charge in [-0.25, -0.2) is 0 Å². The van der Waals surface area contributed by atoms with Crippen LogP contribution < -0.4 is 0 Å². The summed E-state index contributed by atoms with van der Waals surface area (Å²) in [7, 11) is 0. The van der Waals surface area contributed by atoms with E-state index in [0.717, 1.165) is 11.5 Å². The lowest BCUT2D eigenvalue weighted by molar-refractivity contribution is -0.138. The van der Waals surface area contributed by atoms with E-state index >= 15 is 0 Å². The van der Waals surface area contributed by atoms with Crippen LogP contribution in [0.25, 0.3) is 0 Å². The summed E-state index contributed by atoms with van der Waals surface area (Å²) < 4.78 is 0. The highest BCUT2D eigenvalue weighted by Gasteiger charge is 2.30. The molecule has 1 atom stereocenters. The summed E-state index contributed by atoms with van der Waals surface area (Å²) in [5.74, 6) is 0.307. The van der Waals surface area contributed by atoms with Crippen LogP contribution in [0.5, 0.6) is 0 Å². The monoisotopic (exact) mass is 288 g/mol. The van der Waals surface area contributed by atoms with Gasteiger partial charge >= 0.3 is 5.97 Å². The van der Waals surface area contributed by atoms with Gasteiger partial charge in [-0.2, -0.15) is 0 Å². The van der Waals surface area contributed by atoms with E-state index in [1.165, 1.54) is 31.2 Å². The second-order valence-corrected chi connectivity index (χ2v) is 7.64. The van der Waals surface area contributed by atoms with E-state index < -0.39 is 11.9 Å². The van der Waals surface area contributed by atoms with Crippen LogP contribution in [0, 0.1) is 11.3 Å². The van der Waals surface area contributed by atoms with Crippen molar-refractivity contribution in [2.75, 3.05) is 0 Å². The van der Waals surface area contributed by atoms with Gasteiger partial charge in [-0.1, -0.05) is 45.0 Å². The maximum atomic E-state index is 11.0. The minimum Gasteiger partial charge on any atom is -0.481 e. The van der Waals surface area contributed by atoms with Crippen LogP contribution in [0.3, 0.4) is 0 Å². The van der Waals surface area contributed by atoms with Crippen LogP contribution >= 0.6 is 0 Å². The Morgan fingerprint density at radius 3 is 2.05 bits per heavy atom. The van der Waals surface area contributed by atoms with Crippen molar-refractivity contribution < 1.29 is 9.90 Å². The molecule has 1 aromatic carbocycles. The van der Waals surface area contributed by atoms with Crippen LogP contribution in [-0.4, -0.2) is 11.1 Å². The normalized spacial score (nSPS) is 24.6. The first kappa shape index (κ1) is 16.1. The molecule has 1 aromatic rings. The maximum Gasteiger partial charge on any atom is 0.310 e. The molecule has 0 radical (unpaired) electrons. The van der Waals surface area contributed by atoms with E-state index in [1.807, 2.05) is 12.1 Å². The van der Waals surface area contributed by atoms with Crippen LogP contribution in [-0.2, 0) is 4.79 Å². The first-order chi connectivity index (χ1) is 9.79. The lowest BCUT2D eigenvalue weighted by atomic mass is 9.68. The van der Waals surface area contributed by atoms with Crippen molar-refractivity contribution in [1.29, 1.82) is 0 Å². The van der Waals surface area contributed by atoms with Gasteiger partial charge < -0.3 is 5.11 Å². The number of benzene rings is 1. The average Bonchev–Trinajstić information content (AvgIpc) is 2.46. The predicted molar refractivity (Wildman–Crippen MR) is 86.6 cm³/mol. The van der Waals surface area contributed by atoms with Gasteiger partial charge in [-0.15, -0.1) is 0 Å². The Morgan fingerprint density at radius 1 is 1.10 bits per heavy atom. The molecule has 116 valence electrons. The quantitative estimate of drug-likeness (QED) is 0.830. The van der Waals surface area contributed by atoms with E-state index in [1.54, 1.807) is 6.92 Å². The van der Waals surface area contributed by atoms with Crippen molar-refractivity contribution in [2.24, 2.45) is 11.3 Å². The molecule has 1 unspecified atom stereocenters. The lowest BCUT2D eigenvalue weighted by Crippen LogP contribution is -2.25. The molecule has 1 fully saturated rings. The molecule has 0 bridgehead atoms. The van der Waals surface area contributed by atoms with Crippen LogP contribution in [0.4, 0.5) is 0 Å². The molecule has 2 rings (SSSR count). The van der Waals surface area contributed by atoms with Gasteiger partial charge in [-0.05, 0) is 61.0 Å². The molecule has 1 aliphatic carbocycles. The molecule has 2 nitrogen and oxygen atoms in total. The average molecular weight is 288 g/mol. The van der Waals surface area contributed by atoms with Gasteiger partial charge in [0, 0.05) is 0 Å². The van der Waals surface area contributed by atoms with Crippen molar-refractivity contribution in [2.45, 2.75) is 65.2 Å². The molecule has 0 aromatic heterocycles. The molecule has 1 saturated carbocycles. The Kier molecular flexibility index (Phi) is 4.75. The largest absolute Gasteiger partial charge is 0.481 e. The van der Waals surface area contributed by atoms with E-state index in [9.17, 15) is 4.79 Å². The highest BCUT2D eigenvalue weighted by molar-refractivity contribution is 5.75. The Morgan fingerprint density at radius 2 is 1.62 bits per heavy atom. The van der Waals surface area contributed by atoms with E-state index in [0.29, 0.717) is 11.3 Å². The van der Waals surface area contributed by atoms with Crippen molar-refractivity contribution in [1.82, 2.24) is 0 Å². The molecule has 21 heavy (non-hydrogen) atoms. The van der Waals surface area contributed by atoms with Crippen LogP contribution in [0.15, 0.2) is 24.3 Å². The Balaban J connectivity index is 2.00. The Labute approximate surface area is 128 Å². The molecule has 0 aliphatic heterocycles. The fourth-order valence-corrected chi connectivity index (χ4v) is 3.49. The van der Waals surface area contributed by atoms with Gasteiger partial charge in [0.1, 0.15) is 0 Å². The summed E-state index contributed by atoms with van der Waals surface area (Å²) in [5.41, 5.74) is 2.70. The molecule has 0 saturated heterocycles. The Hall–Kier alpha value is -1.31.